The van der Waals surface area contributed by atoms with Crippen LogP contribution < -0.4 is 9.80 Å². The monoisotopic (exact) mass is 394 g/mol. The minimum atomic E-state index is -0.0726. The highest BCUT2D eigenvalue weighted by Gasteiger charge is 2.31. The van der Waals surface area contributed by atoms with Gasteiger partial charge in [0.1, 0.15) is 0 Å². The third-order valence-corrected chi connectivity index (χ3v) is 5.54. The minimum Gasteiger partial charge on any atom is -0.378 e. The van der Waals surface area contributed by atoms with Gasteiger partial charge in [-0.05, 0) is 23.2 Å². The van der Waals surface area contributed by atoms with Crippen LogP contribution in [-0.2, 0) is 4.74 Å². The molecule has 1 aromatic carbocycles. The number of aromatic nitrogens is 4. The van der Waals surface area contributed by atoms with Crippen molar-refractivity contribution in [2.24, 2.45) is 5.92 Å². The topological polar surface area (TPSA) is 97.5 Å². The highest BCUT2D eigenvalue weighted by atomic mass is 16.6. The van der Waals surface area contributed by atoms with Crippen LogP contribution in [-0.4, -0.2) is 65.5 Å². The second-order valence-electron chi connectivity index (χ2n) is 7.40. The van der Waals surface area contributed by atoms with Crippen LogP contribution in [0.25, 0.3) is 11.3 Å². The summed E-state index contributed by atoms with van der Waals surface area (Å²) in [5.74, 6) is 1.60. The Balaban J connectivity index is 1.46. The fourth-order valence-electron chi connectivity index (χ4n) is 4.04. The van der Waals surface area contributed by atoms with Gasteiger partial charge in [0.25, 0.3) is 0 Å². The van der Waals surface area contributed by atoms with Crippen LogP contribution in [0.4, 0.5) is 11.6 Å². The molecule has 0 aliphatic carbocycles. The van der Waals surface area contributed by atoms with Crippen molar-refractivity contribution >= 4 is 28.7 Å². The summed E-state index contributed by atoms with van der Waals surface area (Å²) < 4.78 is 10.3. The van der Waals surface area contributed by atoms with Crippen molar-refractivity contribution < 1.29 is 14.2 Å². The van der Waals surface area contributed by atoms with E-state index < -0.39 is 0 Å². The first-order valence-electron chi connectivity index (χ1n) is 9.97. The zero-order valence-electron chi connectivity index (χ0n) is 16.0. The number of Topliss-reactive ketones (excluding diaryl/α,β-unsaturated/α-hetero) is 1. The summed E-state index contributed by atoms with van der Waals surface area (Å²) >= 11 is 0. The van der Waals surface area contributed by atoms with Gasteiger partial charge in [-0.2, -0.15) is 0 Å². The standard InChI is InChI=1S/C20H22N6O3/c27-16(14-5-2-1-3-6-14)15-7-4-8-26(13-15)20-19(25-9-11-28-12-10-25)21-17-18(22-20)24-29-23-17/h1-3,5-6,15H,4,7-13H2. The molecule has 0 amide bonds. The Labute approximate surface area is 167 Å². The number of carbonyl (C=O) groups excluding carboxylic acids is 1. The number of hydrogen-bond donors (Lipinski definition) is 0. The average Bonchev–Trinajstić information content (AvgIpc) is 3.27. The number of anilines is 2. The maximum absolute atomic E-state index is 13.0. The van der Waals surface area contributed by atoms with Gasteiger partial charge < -0.3 is 14.5 Å². The van der Waals surface area contributed by atoms with Gasteiger partial charge in [-0.15, -0.1) is 0 Å². The molecule has 9 heteroatoms. The maximum Gasteiger partial charge on any atom is 0.245 e. The van der Waals surface area contributed by atoms with E-state index >= 15 is 0 Å². The van der Waals surface area contributed by atoms with E-state index in [4.69, 9.17) is 14.3 Å². The zero-order valence-corrected chi connectivity index (χ0v) is 16.0. The lowest BCUT2D eigenvalue weighted by Crippen LogP contribution is -2.42. The number of rotatable bonds is 4. The fourth-order valence-corrected chi connectivity index (χ4v) is 4.04. The lowest BCUT2D eigenvalue weighted by atomic mass is 9.90. The summed E-state index contributed by atoms with van der Waals surface area (Å²) in [6.07, 6.45) is 1.79. The molecule has 1 unspecified atom stereocenters. The molecule has 2 aliphatic heterocycles. The molecule has 5 rings (SSSR count). The quantitative estimate of drug-likeness (QED) is 0.615. The SMILES string of the molecule is O=C(c1ccccc1)C1CCCN(c2nc3nonc3nc2N2CCOCC2)C1. The normalized spacial score (nSPS) is 20.2. The van der Waals surface area contributed by atoms with Gasteiger partial charge in [-0.1, -0.05) is 30.3 Å². The van der Waals surface area contributed by atoms with Gasteiger partial charge >= 0.3 is 0 Å². The minimum absolute atomic E-state index is 0.0726. The number of fused-ring (bicyclic) bond motifs is 1. The molecule has 2 aromatic heterocycles. The van der Waals surface area contributed by atoms with Crippen molar-refractivity contribution in [3.8, 4) is 0 Å². The van der Waals surface area contributed by atoms with E-state index in [9.17, 15) is 4.79 Å². The van der Waals surface area contributed by atoms with Crippen LogP contribution in [0.5, 0.6) is 0 Å². The maximum atomic E-state index is 13.0. The van der Waals surface area contributed by atoms with E-state index in [0.29, 0.717) is 31.1 Å². The van der Waals surface area contributed by atoms with Crippen molar-refractivity contribution in [3.63, 3.8) is 0 Å². The fraction of sp³-hybridized carbons (Fsp3) is 0.450. The Kier molecular flexibility index (Phi) is 4.81. The van der Waals surface area contributed by atoms with Gasteiger partial charge in [-0.25, -0.2) is 14.6 Å². The molecule has 0 spiro atoms. The summed E-state index contributed by atoms with van der Waals surface area (Å²) in [6, 6.07) is 9.50. The number of carbonyl (C=O) groups is 1. The number of benzene rings is 1. The zero-order chi connectivity index (χ0) is 19.6. The summed E-state index contributed by atoms with van der Waals surface area (Å²) in [5.41, 5.74) is 1.53. The molecule has 0 N–H and O–H groups in total. The van der Waals surface area contributed by atoms with Gasteiger partial charge in [0.2, 0.25) is 11.3 Å². The number of morpholine rings is 1. The van der Waals surface area contributed by atoms with E-state index in [1.54, 1.807) is 0 Å². The van der Waals surface area contributed by atoms with Crippen molar-refractivity contribution in [1.29, 1.82) is 0 Å². The molecule has 2 aliphatic rings. The number of nitrogens with zero attached hydrogens (tertiary/aromatic N) is 6. The first-order chi connectivity index (χ1) is 14.3. The Morgan fingerprint density at radius 3 is 2.34 bits per heavy atom. The van der Waals surface area contributed by atoms with Gasteiger partial charge in [-0.3, -0.25) is 4.79 Å². The second-order valence-corrected chi connectivity index (χ2v) is 7.40. The number of ketones is 1. The lowest BCUT2D eigenvalue weighted by molar-refractivity contribution is 0.0907. The van der Waals surface area contributed by atoms with Crippen molar-refractivity contribution in [2.45, 2.75) is 12.8 Å². The van der Waals surface area contributed by atoms with Crippen LogP contribution in [0.2, 0.25) is 0 Å². The molecule has 4 heterocycles. The number of hydrogen-bond acceptors (Lipinski definition) is 9. The van der Waals surface area contributed by atoms with Crippen molar-refractivity contribution in [3.05, 3.63) is 35.9 Å². The van der Waals surface area contributed by atoms with E-state index in [-0.39, 0.29) is 11.7 Å². The molecular formula is C20H22N6O3. The lowest BCUT2D eigenvalue weighted by Gasteiger charge is -2.36. The van der Waals surface area contributed by atoms with Crippen LogP contribution in [0.3, 0.4) is 0 Å². The molecule has 150 valence electrons. The smallest absolute Gasteiger partial charge is 0.245 e. The second kappa shape index (κ2) is 7.75. The van der Waals surface area contributed by atoms with E-state index in [0.717, 1.165) is 49.7 Å². The summed E-state index contributed by atoms with van der Waals surface area (Å²) in [6.45, 7) is 4.19. The van der Waals surface area contributed by atoms with Crippen molar-refractivity contribution in [1.82, 2.24) is 20.3 Å². The van der Waals surface area contributed by atoms with E-state index in [1.165, 1.54) is 0 Å². The molecule has 0 saturated carbocycles. The first kappa shape index (κ1) is 18.0. The third-order valence-electron chi connectivity index (χ3n) is 5.54. The summed E-state index contributed by atoms with van der Waals surface area (Å²) in [4.78, 5) is 26.7. The highest BCUT2D eigenvalue weighted by Crippen LogP contribution is 2.32. The van der Waals surface area contributed by atoms with Crippen LogP contribution in [0, 0.1) is 5.92 Å². The first-order valence-corrected chi connectivity index (χ1v) is 9.97. The predicted octanol–water partition coefficient (Wildman–Crippen LogP) is 1.95. The molecule has 3 aromatic rings. The molecule has 2 fully saturated rings. The molecule has 9 nitrogen and oxygen atoms in total. The Bertz CT molecular complexity index is 1000. The predicted molar refractivity (Wildman–Crippen MR) is 106 cm³/mol. The van der Waals surface area contributed by atoms with Crippen LogP contribution in [0.1, 0.15) is 23.2 Å². The van der Waals surface area contributed by atoms with Crippen LogP contribution in [0.15, 0.2) is 35.0 Å². The van der Waals surface area contributed by atoms with E-state index in [1.807, 2.05) is 30.3 Å². The molecule has 2 saturated heterocycles. The molecule has 0 radical (unpaired) electrons. The summed E-state index contributed by atoms with van der Waals surface area (Å²) in [7, 11) is 0. The highest BCUT2D eigenvalue weighted by molar-refractivity contribution is 5.98. The van der Waals surface area contributed by atoms with Crippen molar-refractivity contribution in [2.75, 3.05) is 49.2 Å². The largest absolute Gasteiger partial charge is 0.378 e. The number of ether oxygens (including phenoxy) is 1. The summed E-state index contributed by atoms with van der Waals surface area (Å²) in [5, 5.41) is 7.72. The molecule has 1 atom stereocenters. The molecule has 0 bridgehead atoms. The van der Waals surface area contributed by atoms with Gasteiger partial charge in [0.15, 0.2) is 17.4 Å². The average molecular weight is 394 g/mol. The molecular weight excluding hydrogens is 372 g/mol. The Morgan fingerprint density at radius 1 is 0.931 bits per heavy atom. The van der Waals surface area contributed by atoms with E-state index in [2.05, 4.69) is 25.1 Å². The van der Waals surface area contributed by atoms with Gasteiger partial charge in [0.05, 0.1) is 13.2 Å². The van der Waals surface area contributed by atoms with Crippen LogP contribution >= 0.6 is 0 Å². The van der Waals surface area contributed by atoms with Gasteiger partial charge in [0, 0.05) is 37.7 Å². The number of piperidine rings is 1. The Morgan fingerprint density at radius 2 is 1.62 bits per heavy atom. The third kappa shape index (κ3) is 3.53. The Hall–Kier alpha value is -3.07. The molecule has 29 heavy (non-hydrogen) atoms.